The number of H-pyrrole nitrogens is 1. The molecular weight excluding hydrogens is 182 g/mol. The standard InChI is InChI=1S/C9H7N3S/c13-9-8(11-5-6-12-9)7-1-3-10-4-2-7/h1-6H,(H,12,13). The summed E-state index contributed by atoms with van der Waals surface area (Å²) in [6, 6.07) is 3.76. The van der Waals surface area contributed by atoms with E-state index in [0.29, 0.717) is 4.64 Å². The molecule has 2 heterocycles. The Morgan fingerprint density at radius 2 is 1.92 bits per heavy atom. The lowest BCUT2D eigenvalue weighted by molar-refractivity contribution is 1.18. The molecule has 0 spiro atoms. The van der Waals surface area contributed by atoms with Gasteiger partial charge < -0.3 is 4.98 Å². The van der Waals surface area contributed by atoms with Gasteiger partial charge in [0.2, 0.25) is 0 Å². The minimum absolute atomic E-state index is 0.647. The molecular formula is C9H7N3S. The molecule has 0 unspecified atom stereocenters. The van der Waals surface area contributed by atoms with E-state index in [1.54, 1.807) is 24.8 Å². The third-order valence-electron chi connectivity index (χ3n) is 1.66. The molecule has 2 aromatic heterocycles. The van der Waals surface area contributed by atoms with Crippen LogP contribution in [-0.2, 0) is 0 Å². The summed E-state index contributed by atoms with van der Waals surface area (Å²) in [5.41, 5.74) is 1.77. The van der Waals surface area contributed by atoms with E-state index in [4.69, 9.17) is 12.2 Å². The van der Waals surface area contributed by atoms with Crippen LogP contribution in [0.25, 0.3) is 11.3 Å². The van der Waals surface area contributed by atoms with E-state index in [1.165, 1.54) is 0 Å². The summed E-state index contributed by atoms with van der Waals surface area (Å²) in [6.45, 7) is 0. The predicted octanol–water partition coefficient (Wildman–Crippen LogP) is 2.20. The Hall–Kier alpha value is -1.55. The minimum Gasteiger partial charge on any atom is -0.350 e. The molecule has 4 heteroatoms. The summed E-state index contributed by atoms with van der Waals surface area (Å²) in [4.78, 5) is 11.0. The van der Waals surface area contributed by atoms with Crippen molar-refractivity contribution < 1.29 is 0 Å². The molecule has 3 nitrogen and oxygen atoms in total. The molecule has 0 aliphatic heterocycles. The maximum atomic E-state index is 5.10. The van der Waals surface area contributed by atoms with Crippen molar-refractivity contribution in [3.8, 4) is 11.3 Å². The Labute approximate surface area is 80.5 Å². The normalized spacial score (nSPS) is 9.85. The molecule has 0 atom stereocenters. The molecule has 2 rings (SSSR count). The van der Waals surface area contributed by atoms with Crippen LogP contribution in [0.15, 0.2) is 36.9 Å². The molecule has 0 aliphatic rings. The van der Waals surface area contributed by atoms with Gasteiger partial charge in [-0.05, 0) is 12.1 Å². The van der Waals surface area contributed by atoms with Gasteiger partial charge in [-0.3, -0.25) is 9.97 Å². The predicted molar refractivity (Wildman–Crippen MR) is 52.7 cm³/mol. The zero-order valence-corrected chi connectivity index (χ0v) is 7.58. The quantitative estimate of drug-likeness (QED) is 0.699. The number of aromatic amines is 1. The summed E-state index contributed by atoms with van der Waals surface area (Å²) in [7, 11) is 0. The van der Waals surface area contributed by atoms with E-state index in [1.807, 2.05) is 12.1 Å². The number of hydrogen-bond donors (Lipinski definition) is 1. The molecule has 0 radical (unpaired) electrons. The van der Waals surface area contributed by atoms with Crippen LogP contribution in [-0.4, -0.2) is 15.0 Å². The van der Waals surface area contributed by atoms with E-state index in [9.17, 15) is 0 Å². The zero-order valence-electron chi connectivity index (χ0n) is 6.77. The summed E-state index contributed by atoms with van der Waals surface area (Å²) < 4.78 is 0.647. The number of pyridine rings is 1. The van der Waals surface area contributed by atoms with E-state index in [-0.39, 0.29) is 0 Å². The van der Waals surface area contributed by atoms with Gasteiger partial charge >= 0.3 is 0 Å². The average Bonchev–Trinajstić information content (AvgIpc) is 2.20. The van der Waals surface area contributed by atoms with Crippen molar-refractivity contribution in [1.82, 2.24) is 15.0 Å². The van der Waals surface area contributed by atoms with Gasteiger partial charge in [0.25, 0.3) is 0 Å². The summed E-state index contributed by atoms with van der Waals surface area (Å²) in [6.07, 6.45) is 6.84. The van der Waals surface area contributed by atoms with Crippen LogP contribution < -0.4 is 0 Å². The van der Waals surface area contributed by atoms with Crippen LogP contribution in [0.4, 0.5) is 0 Å². The Morgan fingerprint density at radius 1 is 1.15 bits per heavy atom. The average molecular weight is 189 g/mol. The number of nitrogens with one attached hydrogen (secondary N) is 1. The number of aromatic nitrogens is 3. The smallest absolute Gasteiger partial charge is 0.129 e. The van der Waals surface area contributed by atoms with Crippen LogP contribution in [0.5, 0.6) is 0 Å². The third-order valence-corrected chi connectivity index (χ3v) is 1.97. The van der Waals surface area contributed by atoms with E-state index < -0.39 is 0 Å². The Morgan fingerprint density at radius 3 is 2.62 bits per heavy atom. The number of rotatable bonds is 1. The van der Waals surface area contributed by atoms with E-state index in [2.05, 4.69) is 15.0 Å². The molecule has 0 amide bonds. The number of hydrogen-bond acceptors (Lipinski definition) is 3. The Bertz CT molecular complexity index is 450. The molecule has 13 heavy (non-hydrogen) atoms. The first-order valence-corrected chi connectivity index (χ1v) is 4.23. The first kappa shape index (κ1) is 8.07. The molecule has 0 aliphatic carbocycles. The van der Waals surface area contributed by atoms with Gasteiger partial charge in [-0.1, -0.05) is 12.2 Å². The second-order valence-electron chi connectivity index (χ2n) is 2.50. The molecule has 0 bridgehead atoms. The highest BCUT2D eigenvalue weighted by Crippen LogP contribution is 2.14. The first-order chi connectivity index (χ1) is 6.38. The number of nitrogens with zero attached hydrogens (tertiary/aromatic N) is 2. The highest BCUT2D eigenvalue weighted by molar-refractivity contribution is 7.71. The monoisotopic (exact) mass is 189 g/mol. The lowest BCUT2D eigenvalue weighted by Crippen LogP contribution is -1.86. The highest BCUT2D eigenvalue weighted by atomic mass is 32.1. The van der Waals surface area contributed by atoms with Crippen molar-refractivity contribution in [3.63, 3.8) is 0 Å². The molecule has 0 aromatic carbocycles. The summed E-state index contributed by atoms with van der Waals surface area (Å²) in [5, 5.41) is 0. The molecule has 2 aromatic rings. The lowest BCUT2D eigenvalue weighted by atomic mass is 10.2. The van der Waals surface area contributed by atoms with Gasteiger partial charge in [0.05, 0.1) is 0 Å². The highest BCUT2D eigenvalue weighted by Gasteiger charge is 1.98. The Kier molecular flexibility index (Phi) is 2.14. The maximum Gasteiger partial charge on any atom is 0.129 e. The Balaban J connectivity index is 2.60. The molecule has 0 fully saturated rings. The van der Waals surface area contributed by atoms with Crippen molar-refractivity contribution in [2.75, 3.05) is 0 Å². The van der Waals surface area contributed by atoms with E-state index >= 15 is 0 Å². The van der Waals surface area contributed by atoms with Gasteiger partial charge in [-0.25, -0.2) is 0 Å². The minimum atomic E-state index is 0.647. The van der Waals surface area contributed by atoms with Crippen molar-refractivity contribution in [2.45, 2.75) is 0 Å². The topological polar surface area (TPSA) is 41.6 Å². The fourth-order valence-corrected chi connectivity index (χ4v) is 1.31. The molecule has 0 saturated carbocycles. The fourth-order valence-electron chi connectivity index (χ4n) is 1.07. The van der Waals surface area contributed by atoms with Gasteiger partial charge in [0.1, 0.15) is 10.3 Å². The maximum absolute atomic E-state index is 5.10. The van der Waals surface area contributed by atoms with Crippen LogP contribution in [0.1, 0.15) is 0 Å². The summed E-state index contributed by atoms with van der Waals surface area (Å²) >= 11 is 5.10. The first-order valence-electron chi connectivity index (χ1n) is 3.82. The van der Waals surface area contributed by atoms with Crippen LogP contribution >= 0.6 is 12.2 Å². The zero-order chi connectivity index (χ0) is 9.10. The van der Waals surface area contributed by atoms with Crippen molar-refractivity contribution in [2.24, 2.45) is 0 Å². The molecule has 64 valence electrons. The van der Waals surface area contributed by atoms with Crippen LogP contribution in [0.3, 0.4) is 0 Å². The van der Waals surface area contributed by atoms with Crippen molar-refractivity contribution in [3.05, 3.63) is 41.6 Å². The fraction of sp³-hybridized carbons (Fsp3) is 0. The second kappa shape index (κ2) is 3.45. The van der Waals surface area contributed by atoms with Gasteiger partial charge in [-0.15, -0.1) is 0 Å². The van der Waals surface area contributed by atoms with Gasteiger partial charge in [0, 0.05) is 30.4 Å². The second-order valence-corrected chi connectivity index (χ2v) is 2.91. The molecule has 0 saturated heterocycles. The van der Waals surface area contributed by atoms with Crippen LogP contribution in [0.2, 0.25) is 0 Å². The summed E-state index contributed by atoms with van der Waals surface area (Å²) in [5.74, 6) is 0. The van der Waals surface area contributed by atoms with Gasteiger partial charge in [-0.2, -0.15) is 0 Å². The third kappa shape index (κ3) is 1.62. The largest absolute Gasteiger partial charge is 0.350 e. The molecule has 1 N–H and O–H groups in total. The van der Waals surface area contributed by atoms with Gasteiger partial charge in [0.15, 0.2) is 0 Å². The van der Waals surface area contributed by atoms with Crippen molar-refractivity contribution in [1.29, 1.82) is 0 Å². The lowest BCUT2D eigenvalue weighted by Gasteiger charge is -1.98. The SMILES string of the molecule is S=c1[nH]ccnc1-c1ccncc1. The van der Waals surface area contributed by atoms with E-state index in [0.717, 1.165) is 11.3 Å². The van der Waals surface area contributed by atoms with Crippen LogP contribution in [0, 0.1) is 4.64 Å². The van der Waals surface area contributed by atoms with Crippen molar-refractivity contribution >= 4 is 12.2 Å².